The molecule has 0 spiro atoms. The predicted octanol–water partition coefficient (Wildman–Crippen LogP) is 3.00. The number of hydrogen-bond acceptors (Lipinski definition) is 4. The maximum absolute atomic E-state index is 12.0. The monoisotopic (exact) mass is 413 g/mol. The van der Waals surface area contributed by atoms with Gasteiger partial charge in [-0.25, -0.2) is 0 Å². The topological polar surface area (TPSA) is 68.8 Å². The fraction of sp³-hybridized carbons (Fsp3) is 0.455. The van der Waals surface area contributed by atoms with Crippen molar-refractivity contribution in [2.24, 2.45) is 4.99 Å². The standard InChI is InChI=1S/C22H31N5OS/c1-3-24-21(28)18-9-6-8-17(14-18)15-25-22(23-2)26-16-19(20-10-7-13-29-20)27-11-4-5-12-27/h6-10,13-14,19H,3-5,11-12,15-16H2,1-2H3,(H,24,28)(H2,23,25,26). The summed E-state index contributed by atoms with van der Waals surface area (Å²) < 4.78 is 0. The zero-order valence-electron chi connectivity index (χ0n) is 17.3. The molecular formula is C22H31N5OS. The van der Waals surface area contributed by atoms with Crippen molar-refractivity contribution in [1.82, 2.24) is 20.9 Å². The summed E-state index contributed by atoms with van der Waals surface area (Å²) in [5.41, 5.74) is 1.73. The Morgan fingerprint density at radius 1 is 1.17 bits per heavy atom. The lowest BCUT2D eigenvalue weighted by atomic mass is 10.1. The predicted molar refractivity (Wildman–Crippen MR) is 121 cm³/mol. The van der Waals surface area contributed by atoms with E-state index in [1.807, 2.05) is 42.5 Å². The van der Waals surface area contributed by atoms with Gasteiger partial charge in [0.05, 0.1) is 6.04 Å². The summed E-state index contributed by atoms with van der Waals surface area (Å²) in [6.45, 7) is 6.29. The third-order valence-corrected chi connectivity index (χ3v) is 6.10. The van der Waals surface area contributed by atoms with Crippen molar-refractivity contribution in [2.45, 2.75) is 32.4 Å². The molecule has 156 valence electrons. The van der Waals surface area contributed by atoms with Crippen molar-refractivity contribution < 1.29 is 4.79 Å². The zero-order valence-corrected chi connectivity index (χ0v) is 18.1. The lowest BCUT2D eigenvalue weighted by molar-refractivity contribution is 0.0955. The van der Waals surface area contributed by atoms with Gasteiger partial charge in [0, 0.05) is 37.1 Å². The Labute approximate surface area is 177 Å². The van der Waals surface area contributed by atoms with E-state index in [0.29, 0.717) is 24.7 Å². The molecule has 3 rings (SSSR count). The molecule has 1 atom stereocenters. The fourth-order valence-electron chi connectivity index (χ4n) is 3.63. The number of aliphatic imine (C=N–C) groups is 1. The van der Waals surface area contributed by atoms with E-state index in [1.54, 1.807) is 7.05 Å². The molecule has 6 nitrogen and oxygen atoms in total. The Bertz CT molecular complexity index is 799. The summed E-state index contributed by atoms with van der Waals surface area (Å²) in [6.07, 6.45) is 2.55. The van der Waals surface area contributed by atoms with E-state index in [1.165, 1.54) is 17.7 Å². The van der Waals surface area contributed by atoms with Crippen LogP contribution in [0.3, 0.4) is 0 Å². The van der Waals surface area contributed by atoms with Crippen molar-refractivity contribution in [3.63, 3.8) is 0 Å². The van der Waals surface area contributed by atoms with Gasteiger partial charge in [0.1, 0.15) is 0 Å². The van der Waals surface area contributed by atoms with Crippen LogP contribution in [0.4, 0.5) is 0 Å². The van der Waals surface area contributed by atoms with Crippen LogP contribution >= 0.6 is 11.3 Å². The minimum Gasteiger partial charge on any atom is -0.354 e. The number of hydrogen-bond donors (Lipinski definition) is 3. The molecule has 2 aromatic rings. The van der Waals surface area contributed by atoms with Gasteiger partial charge >= 0.3 is 0 Å². The summed E-state index contributed by atoms with van der Waals surface area (Å²) in [7, 11) is 1.79. The molecule has 1 amide bonds. The number of guanidine groups is 1. The number of carbonyl (C=O) groups is 1. The maximum atomic E-state index is 12.0. The molecule has 1 aliphatic heterocycles. The highest BCUT2D eigenvalue weighted by Gasteiger charge is 2.24. The highest BCUT2D eigenvalue weighted by molar-refractivity contribution is 7.10. The van der Waals surface area contributed by atoms with E-state index < -0.39 is 0 Å². The van der Waals surface area contributed by atoms with Gasteiger partial charge in [-0.15, -0.1) is 11.3 Å². The lowest BCUT2D eigenvalue weighted by Gasteiger charge is -2.27. The van der Waals surface area contributed by atoms with E-state index in [0.717, 1.165) is 31.2 Å². The van der Waals surface area contributed by atoms with Crippen LogP contribution in [0.2, 0.25) is 0 Å². The molecule has 0 aliphatic carbocycles. The second kappa shape index (κ2) is 11.0. The van der Waals surface area contributed by atoms with Gasteiger partial charge in [-0.05, 0) is 62.0 Å². The van der Waals surface area contributed by atoms with E-state index in [9.17, 15) is 4.79 Å². The summed E-state index contributed by atoms with van der Waals surface area (Å²) >= 11 is 1.82. The van der Waals surface area contributed by atoms with Crippen LogP contribution in [0.5, 0.6) is 0 Å². The first kappa shape index (κ1) is 21.3. The van der Waals surface area contributed by atoms with Gasteiger partial charge in [-0.3, -0.25) is 14.7 Å². The first-order chi connectivity index (χ1) is 14.2. The van der Waals surface area contributed by atoms with Gasteiger partial charge < -0.3 is 16.0 Å². The van der Waals surface area contributed by atoms with Gasteiger partial charge in [0.15, 0.2) is 5.96 Å². The molecule has 3 N–H and O–H groups in total. The molecule has 1 aromatic carbocycles. The summed E-state index contributed by atoms with van der Waals surface area (Å²) in [4.78, 5) is 20.4. The molecule has 1 aliphatic rings. The van der Waals surface area contributed by atoms with E-state index >= 15 is 0 Å². The molecule has 2 heterocycles. The molecule has 1 aromatic heterocycles. The van der Waals surface area contributed by atoms with Crippen molar-refractivity contribution >= 4 is 23.2 Å². The number of amides is 1. The Morgan fingerprint density at radius 3 is 2.69 bits per heavy atom. The molecule has 1 fully saturated rings. The number of nitrogens with one attached hydrogen (secondary N) is 3. The van der Waals surface area contributed by atoms with Crippen molar-refractivity contribution in [3.05, 3.63) is 57.8 Å². The number of likely N-dealkylation sites (tertiary alicyclic amines) is 1. The molecule has 0 bridgehead atoms. The Morgan fingerprint density at radius 2 is 2.00 bits per heavy atom. The third-order valence-electron chi connectivity index (χ3n) is 5.13. The van der Waals surface area contributed by atoms with Crippen LogP contribution < -0.4 is 16.0 Å². The van der Waals surface area contributed by atoms with E-state index in [-0.39, 0.29) is 5.91 Å². The summed E-state index contributed by atoms with van der Waals surface area (Å²) in [5.74, 6) is 0.732. The molecule has 0 saturated carbocycles. The lowest BCUT2D eigenvalue weighted by Crippen LogP contribution is -2.42. The number of benzene rings is 1. The molecule has 7 heteroatoms. The average molecular weight is 414 g/mol. The molecule has 1 unspecified atom stereocenters. The fourth-order valence-corrected chi connectivity index (χ4v) is 4.49. The Kier molecular flexibility index (Phi) is 8.07. The van der Waals surface area contributed by atoms with Gasteiger partial charge in [-0.2, -0.15) is 0 Å². The normalized spacial score (nSPS) is 15.9. The van der Waals surface area contributed by atoms with Gasteiger partial charge in [0.2, 0.25) is 0 Å². The smallest absolute Gasteiger partial charge is 0.251 e. The Balaban J connectivity index is 1.56. The van der Waals surface area contributed by atoms with Crippen LogP contribution in [0.1, 0.15) is 46.6 Å². The van der Waals surface area contributed by atoms with Gasteiger partial charge in [0.25, 0.3) is 5.91 Å². The van der Waals surface area contributed by atoms with Gasteiger partial charge in [-0.1, -0.05) is 18.2 Å². The van der Waals surface area contributed by atoms with Crippen LogP contribution in [0, 0.1) is 0 Å². The first-order valence-corrected chi connectivity index (χ1v) is 11.2. The van der Waals surface area contributed by atoms with E-state index in [2.05, 4.69) is 43.4 Å². The van der Waals surface area contributed by atoms with Crippen LogP contribution in [-0.2, 0) is 6.54 Å². The second-order valence-electron chi connectivity index (χ2n) is 7.14. The van der Waals surface area contributed by atoms with Crippen molar-refractivity contribution in [2.75, 3.05) is 33.2 Å². The second-order valence-corrected chi connectivity index (χ2v) is 8.12. The zero-order chi connectivity index (χ0) is 20.5. The van der Waals surface area contributed by atoms with Crippen molar-refractivity contribution in [3.8, 4) is 0 Å². The summed E-state index contributed by atoms with van der Waals surface area (Å²) in [6, 6.07) is 12.4. The maximum Gasteiger partial charge on any atom is 0.251 e. The largest absolute Gasteiger partial charge is 0.354 e. The summed E-state index contributed by atoms with van der Waals surface area (Å²) in [5, 5.41) is 11.8. The quantitative estimate of drug-likeness (QED) is 0.460. The highest BCUT2D eigenvalue weighted by atomic mass is 32.1. The number of thiophene rings is 1. The minimum atomic E-state index is -0.0405. The molecular weight excluding hydrogens is 382 g/mol. The van der Waals surface area contributed by atoms with Crippen molar-refractivity contribution in [1.29, 1.82) is 0 Å². The number of rotatable bonds is 8. The Hall–Kier alpha value is -2.38. The minimum absolute atomic E-state index is 0.0405. The highest BCUT2D eigenvalue weighted by Crippen LogP contribution is 2.27. The SMILES string of the molecule is CCNC(=O)c1cccc(CNC(=NC)NCC(c2cccs2)N2CCCC2)c1. The molecule has 0 radical (unpaired) electrons. The number of carbonyl (C=O) groups excluding carboxylic acids is 1. The third kappa shape index (κ3) is 6.05. The van der Waals surface area contributed by atoms with Crippen LogP contribution in [0.15, 0.2) is 46.8 Å². The molecule has 29 heavy (non-hydrogen) atoms. The number of nitrogens with zero attached hydrogens (tertiary/aromatic N) is 2. The van der Waals surface area contributed by atoms with E-state index in [4.69, 9.17) is 0 Å². The average Bonchev–Trinajstić information content (AvgIpc) is 3.46. The molecule has 1 saturated heterocycles. The van der Waals surface area contributed by atoms with Crippen LogP contribution in [0.25, 0.3) is 0 Å². The van der Waals surface area contributed by atoms with Crippen LogP contribution in [-0.4, -0.2) is 50.0 Å². The first-order valence-electron chi connectivity index (χ1n) is 10.3.